The predicted octanol–water partition coefficient (Wildman–Crippen LogP) is 1.46. The average Bonchev–Trinajstić information content (AvgIpc) is 2.36. The van der Waals surface area contributed by atoms with Gasteiger partial charge in [0, 0.05) is 18.5 Å². The second-order valence-electron chi connectivity index (χ2n) is 5.00. The zero-order valence-corrected chi connectivity index (χ0v) is 11.5. The lowest BCUT2D eigenvalue weighted by atomic mass is 10.0. The number of anilines is 2. The van der Waals surface area contributed by atoms with Crippen molar-refractivity contribution in [1.29, 1.82) is 0 Å². The molecular weight excluding hydrogens is 276 g/mol. The van der Waals surface area contributed by atoms with Crippen LogP contribution in [-0.2, 0) is 14.4 Å². The van der Waals surface area contributed by atoms with Gasteiger partial charge >= 0.3 is 5.97 Å². The summed E-state index contributed by atoms with van der Waals surface area (Å²) in [5.74, 6) is -1.15. The van der Waals surface area contributed by atoms with E-state index < -0.39 is 5.97 Å². The molecule has 0 aromatic heterocycles. The van der Waals surface area contributed by atoms with E-state index >= 15 is 0 Å². The Balaban J connectivity index is 1.97. The lowest BCUT2D eigenvalue weighted by Gasteiger charge is -2.18. The van der Waals surface area contributed by atoms with Crippen LogP contribution in [0.25, 0.3) is 0 Å². The van der Waals surface area contributed by atoms with Crippen LogP contribution in [0.2, 0.25) is 0 Å². The van der Waals surface area contributed by atoms with E-state index in [9.17, 15) is 14.4 Å². The van der Waals surface area contributed by atoms with E-state index in [0.29, 0.717) is 17.1 Å². The van der Waals surface area contributed by atoms with Crippen molar-refractivity contribution < 1.29 is 24.2 Å². The molecule has 0 fully saturated rings. The molecule has 0 saturated carbocycles. The van der Waals surface area contributed by atoms with Crippen LogP contribution in [0.5, 0.6) is 5.75 Å². The summed E-state index contributed by atoms with van der Waals surface area (Å²) >= 11 is 0. The van der Waals surface area contributed by atoms with Gasteiger partial charge in [-0.1, -0.05) is 6.92 Å². The van der Waals surface area contributed by atoms with Gasteiger partial charge in [-0.2, -0.15) is 0 Å². The standard InChI is InChI=1S/C14H16N2O5/c1-8(5-14(19)20)4-12(17)15-9-2-3-11-10(6-9)16-13(18)7-21-11/h2-3,6,8H,4-5,7H2,1H3,(H,15,17)(H,16,18)(H,19,20). The van der Waals surface area contributed by atoms with Crippen LogP contribution in [0.15, 0.2) is 18.2 Å². The van der Waals surface area contributed by atoms with Crippen LogP contribution in [0.1, 0.15) is 19.8 Å². The molecule has 1 aromatic carbocycles. The summed E-state index contributed by atoms with van der Waals surface area (Å²) in [6, 6.07) is 4.92. The molecule has 0 bridgehead atoms. The SMILES string of the molecule is CC(CC(=O)O)CC(=O)Nc1ccc2c(c1)NC(=O)CO2. The van der Waals surface area contributed by atoms with E-state index in [1.165, 1.54) is 0 Å². The second kappa shape index (κ2) is 6.25. The Morgan fingerprint density at radius 1 is 1.43 bits per heavy atom. The van der Waals surface area contributed by atoms with Crippen molar-refractivity contribution in [2.45, 2.75) is 19.8 Å². The van der Waals surface area contributed by atoms with Gasteiger partial charge in [0.25, 0.3) is 5.91 Å². The number of nitrogens with one attached hydrogen (secondary N) is 2. The number of carbonyl (C=O) groups is 3. The number of aliphatic carboxylic acids is 1. The molecule has 0 aliphatic carbocycles. The number of carboxylic acids is 1. The number of rotatable bonds is 5. The first-order valence-electron chi connectivity index (χ1n) is 6.52. The number of carbonyl (C=O) groups excluding carboxylic acids is 2. The Hall–Kier alpha value is -2.57. The minimum atomic E-state index is -0.927. The van der Waals surface area contributed by atoms with Crippen molar-refractivity contribution in [3.05, 3.63) is 18.2 Å². The molecule has 112 valence electrons. The van der Waals surface area contributed by atoms with Gasteiger partial charge in [-0.3, -0.25) is 14.4 Å². The van der Waals surface area contributed by atoms with Crippen LogP contribution >= 0.6 is 0 Å². The molecular formula is C14H16N2O5. The zero-order chi connectivity index (χ0) is 15.4. The molecule has 0 spiro atoms. The molecule has 0 saturated heterocycles. The largest absolute Gasteiger partial charge is 0.482 e. The first kappa shape index (κ1) is 14.8. The highest BCUT2D eigenvalue weighted by Gasteiger charge is 2.17. The van der Waals surface area contributed by atoms with Gasteiger partial charge < -0.3 is 20.5 Å². The van der Waals surface area contributed by atoms with Gasteiger partial charge in [-0.05, 0) is 24.1 Å². The topological polar surface area (TPSA) is 105 Å². The fourth-order valence-electron chi connectivity index (χ4n) is 2.06. The molecule has 2 amide bonds. The van der Waals surface area contributed by atoms with Crippen LogP contribution in [-0.4, -0.2) is 29.5 Å². The van der Waals surface area contributed by atoms with E-state index in [2.05, 4.69) is 10.6 Å². The monoisotopic (exact) mass is 292 g/mol. The average molecular weight is 292 g/mol. The summed E-state index contributed by atoms with van der Waals surface area (Å²) < 4.78 is 5.21. The number of amides is 2. The van der Waals surface area contributed by atoms with Crippen LogP contribution < -0.4 is 15.4 Å². The first-order chi connectivity index (χ1) is 9.94. The summed E-state index contributed by atoms with van der Waals surface area (Å²) in [5.41, 5.74) is 1.02. The van der Waals surface area contributed by atoms with Crippen LogP contribution in [0, 0.1) is 5.92 Å². The maximum atomic E-state index is 11.8. The van der Waals surface area contributed by atoms with Gasteiger partial charge in [-0.15, -0.1) is 0 Å². The third-order valence-corrected chi connectivity index (χ3v) is 2.95. The molecule has 7 heteroatoms. The highest BCUT2D eigenvalue weighted by atomic mass is 16.5. The Kier molecular flexibility index (Phi) is 4.42. The van der Waals surface area contributed by atoms with E-state index in [0.717, 1.165) is 0 Å². The molecule has 7 nitrogen and oxygen atoms in total. The number of benzene rings is 1. The Bertz CT molecular complexity index is 585. The molecule has 1 unspecified atom stereocenters. The van der Waals surface area contributed by atoms with Gasteiger partial charge in [-0.25, -0.2) is 0 Å². The molecule has 2 rings (SSSR count). The third-order valence-electron chi connectivity index (χ3n) is 2.95. The minimum Gasteiger partial charge on any atom is -0.482 e. The lowest BCUT2D eigenvalue weighted by Crippen LogP contribution is -2.25. The normalized spacial score (nSPS) is 14.4. The fraction of sp³-hybridized carbons (Fsp3) is 0.357. The third kappa shape index (κ3) is 4.20. The molecule has 3 N–H and O–H groups in total. The molecule has 1 atom stereocenters. The maximum absolute atomic E-state index is 11.8. The highest BCUT2D eigenvalue weighted by Crippen LogP contribution is 2.30. The quantitative estimate of drug-likeness (QED) is 0.762. The number of hydrogen-bond donors (Lipinski definition) is 3. The molecule has 1 aliphatic heterocycles. The summed E-state index contributed by atoms with van der Waals surface area (Å²) in [6.45, 7) is 1.68. The number of carboxylic acid groups (broad SMARTS) is 1. The Labute approximate surface area is 121 Å². The van der Waals surface area contributed by atoms with Crippen molar-refractivity contribution in [2.24, 2.45) is 5.92 Å². The van der Waals surface area contributed by atoms with Crippen LogP contribution in [0.4, 0.5) is 11.4 Å². The number of fused-ring (bicyclic) bond motifs is 1. The van der Waals surface area contributed by atoms with E-state index in [1.807, 2.05) is 0 Å². The van der Waals surface area contributed by atoms with Crippen molar-refractivity contribution in [2.75, 3.05) is 17.2 Å². The van der Waals surface area contributed by atoms with Gasteiger partial charge in [0.15, 0.2) is 6.61 Å². The van der Waals surface area contributed by atoms with Crippen molar-refractivity contribution in [3.63, 3.8) is 0 Å². The zero-order valence-electron chi connectivity index (χ0n) is 11.5. The van der Waals surface area contributed by atoms with E-state index in [1.54, 1.807) is 25.1 Å². The van der Waals surface area contributed by atoms with Gasteiger partial charge in [0.2, 0.25) is 5.91 Å². The van der Waals surface area contributed by atoms with E-state index in [-0.39, 0.29) is 37.2 Å². The second-order valence-corrected chi connectivity index (χ2v) is 5.00. The smallest absolute Gasteiger partial charge is 0.303 e. The molecule has 21 heavy (non-hydrogen) atoms. The van der Waals surface area contributed by atoms with Crippen molar-refractivity contribution in [1.82, 2.24) is 0 Å². The predicted molar refractivity (Wildman–Crippen MR) is 75.2 cm³/mol. The Morgan fingerprint density at radius 2 is 2.19 bits per heavy atom. The highest BCUT2D eigenvalue weighted by molar-refractivity contribution is 5.97. The minimum absolute atomic E-state index is 0.0224. The Morgan fingerprint density at radius 3 is 2.90 bits per heavy atom. The van der Waals surface area contributed by atoms with Gasteiger partial charge in [0.05, 0.1) is 5.69 Å². The first-order valence-corrected chi connectivity index (χ1v) is 6.52. The molecule has 1 aromatic rings. The van der Waals surface area contributed by atoms with Crippen LogP contribution in [0.3, 0.4) is 0 Å². The fourth-order valence-corrected chi connectivity index (χ4v) is 2.06. The molecule has 1 heterocycles. The maximum Gasteiger partial charge on any atom is 0.303 e. The number of hydrogen-bond acceptors (Lipinski definition) is 4. The summed E-state index contributed by atoms with van der Waals surface area (Å²) in [5, 5.41) is 14.0. The van der Waals surface area contributed by atoms with Gasteiger partial charge in [0.1, 0.15) is 5.75 Å². The molecule has 0 radical (unpaired) electrons. The van der Waals surface area contributed by atoms with E-state index in [4.69, 9.17) is 9.84 Å². The summed E-state index contributed by atoms with van der Waals surface area (Å²) in [7, 11) is 0. The lowest BCUT2D eigenvalue weighted by molar-refractivity contribution is -0.138. The van der Waals surface area contributed by atoms with Crippen molar-refractivity contribution >= 4 is 29.2 Å². The summed E-state index contributed by atoms with van der Waals surface area (Å²) in [6.07, 6.45) is 0.0632. The summed E-state index contributed by atoms with van der Waals surface area (Å²) in [4.78, 5) is 33.6. The van der Waals surface area contributed by atoms with Crippen molar-refractivity contribution in [3.8, 4) is 5.75 Å². The molecule has 1 aliphatic rings. The number of ether oxygens (including phenoxy) is 1.